The molecule has 3 heterocycles. The summed E-state index contributed by atoms with van der Waals surface area (Å²) in [6, 6.07) is 8.69. The van der Waals surface area contributed by atoms with E-state index in [0.29, 0.717) is 35.4 Å². The van der Waals surface area contributed by atoms with Crippen LogP contribution in [0.15, 0.2) is 52.3 Å². The van der Waals surface area contributed by atoms with E-state index in [9.17, 15) is 18.0 Å². The van der Waals surface area contributed by atoms with Crippen LogP contribution < -0.4 is 15.0 Å². The third-order valence-electron chi connectivity index (χ3n) is 4.51. The van der Waals surface area contributed by atoms with Gasteiger partial charge < -0.3 is 14.2 Å². The topological polar surface area (TPSA) is 113 Å². The van der Waals surface area contributed by atoms with E-state index in [2.05, 4.69) is 4.98 Å². The Morgan fingerprint density at radius 3 is 2.71 bits per heavy atom. The van der Waals surface area contributed by atoms with Gasteiger partial charge in [0, 0.05) is 18.3 Å². The van der Waals surface area contributed by atoms with Crippen molar-refractivity contribution in [1.82, 2.24) is 9.38 Å². The van der Waals surface area contributed by atoms with E-state index in [0.717, 1.165) is 0 Å². The van der Waals surface area contributed by atoms with Crippen molar-refractivity contribution in [3.63, 3.8) is 0 Å². The van der Waals surface area contributed by atoms with Gasteiger partial charge >= 0.3 is 5.97 Å². The molecule has 162 valence electrons. The molecule has 9 nitrogen and oxygen atoms in total. The minimum Gasteiger partial charge on any atom is -0.486 e. The van der Waals surface area contributed by atoms with E-state index >= 15 is 0 Å². The van der Waals surface area contributed by atoms with Gasteiger partial charge in [0.05, 0.1) is 27.8 Å². The van der Waals surface area contributed by atoms with E-state index in [1.807, 2.05) is 0 Å². The van der Waals surface area contributed by atoms with Gasteiger partial charge in [-0.2, -0.15) is 0 Å². The first-order valence-electron chi connectivity index (χ1n) is 9.28. The number of benzene rings is 1. The minimum atomic E-state index is -3.73. The number of esters is 1. The van der Waals surface area contributed by atoms with Crippen molar-refractivity contribution in [3.05, 3.63) is 63.7 Å². The van der Waals surface area contributed by atoms with Gasteiger partial charge in [0.15, 0.2) is 21.3 Å². The minimum absolute atomic E-state index is 0.0347. The molecular weight excluding hydrogens is 448 g/mol. The van der Waals surface area contributed by atoms with E-state index in [-0.39, 0.29) is 29.2 Å². The lowest BCUT2D eigenvalue weighted by Gasteiger charge is -2.18. The Morgan fingerprint density at radius 1 is 1.13 bits per heavy atom. The Labute approximate surface area is 182 Å². The molecule has 31 heavy (non-hydrogen) atoms. The number of carbonyl (C=O) groups excluding carboxylic acids is 1. The second kappa shape index (κ2) is 8.56. The zero-order valence-corrected chi connectivity index (χ0v) is 17.7. The Bertz CT molecular complexity index is 1320. The first-order chi connectivity index (χ1) is 14.8. The molecule has 1 aromatic carbocycles. The lowest BCUT2D eigenvalue weighted by Crippen LogP contribution is -2.18. The fraction of sp³-hybridized carbons (Fsp3) is 0.250. The highest BCUT2D eigenvalue weighted by Gasteiger charge is 2.21. The maximum Gasteiger partial charge on any atom is 0.307 e. The standard InChI is InChI=1S/C20H17ClN2O7S/c21-13-1-4-18-22-14(9-19(24)23(18)11-13)12-30-20(25)5-8-31(26,27)15-2-3-16-17(10-15)29-7-6-28-16/h1-4,9-11H,5-8,12H2. The molecule has 11 heteroatoms. The van der Waals surface area contributed by atoms with Crippen molar-refractivity contribution in [1.29, 1.82) is 0 Å². The monoisotopic (exact) mass is 464 g/mol. The molecule has 4 rings (SSSR count). The summed E-state index contributed by atoms with van der Waals surface area (Å²) in [7, 11) is -3.73. The van der Waals surface area contributed by atoms with Gasteiger partial charge in [-0.3, -0.25) is 14.0 Å². The summed E-state index contributed by atoms with van der Waals surface area (Å²) in [6.07, 6.45) is 1.09. The SMILES string of the molecule is O=C(CCS(=O)(=O)c1ccc2c(c1)OCCO2)OCc1cc(=O)n2cc(Cl)ccc2n1. The van der Waals surface area contributed by atoms with Crippen molar-refractivity contribution < 1.29 is 27.4 Å². The van der Waals surface area contributed by atoms with Crippen molar-refractivity contribution in [2.24, 2.45) is 0 Å². The molecule has 0 saturated carbocycles. The smallest absolute Gasteiger partial charge is 0.307 e. The van der Waals surface area contributed by atoms with Gasteiger partial charge in [-0.15, -0.1) is 0 Å². The summed E-state index contributed by atoms with van der Waals surface area (Å²) in [4.78, 5) is 28.5. The number of halogens is 1. The third kappa shape index (κ3) is 4.80. The highest BCUT2D eigenvalue weighted by atomic mass is 35.5. The normalized spacial score (nSPS) is 13.2. The first-order valence-corrected chi connectivity index (χ1v) is 11.3. The van der Waals surface area contributed by atoms with Gasteiger partial charge in [0.2, 0.25) is 0 Å². The molecule has 0 fully saturated rings. The van der Waals surface area contributed by atoms with Crippen LogP contribution in [-0.2, 0) is 26.0 Å². The fourth-order valence-corrected chi connectivity index (χ4v) is 4.37. The molecule has 0 atom stereocenters. The Hall–Kier alpha value is -3.11. The van der Waals surface area contributed by atoms with Gasteiger partial charge in [-0.05, 0) is 24.3 Å². The molecular formula is C20H17ClN2O7S. The van der Waals surface area contributed by atoms with Crippen LogP contribution in [0, 0.1) is 0 Å². The average Bonchev–Trinajstić information content (AvgIpc) is 2.76. The number of sulfone groups is 1. The van der Waals surface area contributed by atoms with Crippen molar-refractivity contribution in [2.75, 3.05) is 19.0 Å². The van der Waals surface area contributed by atoms with Crippen LogP contribution in [0.5, 0.6) is 11.5 Å². The van der Waals surface area contributed by atoms with Gasteiger partial charge in [-0.1, -0.05) is 11.6 Å². The van der Waals surface area contributed by atoms with Crippen LogP contribution >= 0.6 is 11.6 Å². The first kappa shape index (κ1) is 21.1. The highest BCUT2D eigenvalue weighted by molar-refractivity contribution is 7.91. The molecule has 0 saturated heterocycles. The van der Waals surface area contributed by atoms with Crippen molar-refractivity contribution in [2.45, 2.75) is 17.9 Å². The van der Waals surface area contributed by atoms with Crippen LogP contribution in [0.3, 0.4) is 0 Å². The molecule has 0 unspecified atom stereocenters. The van der Waals surface area contributed by atoms with E-state index in [1.165, 1.54) is 34.9 Å². The lowest BCUT2D eigenvalue weighted by atomic mass is 10.3. The zero-order chi connectivity index (χ0) is 22.0. The second-order valence-corrected chi connectivity index (χ2v) is 9.24. The molecule has 0 radical (unpaired) electrons. The number of hydrogen-bond acceptors (Lipinski definition) is 8. The summed E-state index contributed by atoms with van der Waals surface area (Å²) in [6.45, 7) is 0.483. The van der Waals surface area contributed by atoms with Gasteiger partial charge in [-0.25, -0.2) is 13.4 Å². The molecule has 1 aliphatic heterocycles. The Kier molecular flexibility index (Phi) is 5.84. The molecule has 1 aliphatic rings. The van der Waals surface area contributed by atoms with Crippen LogP contribution in [0.25, 0.3) is 5.65 Å². The van der Waals surface area contributed by atoms with Crippen LogP contribution in [-0.4, -0.2) is 42.7 Å². The van der Waals surface area contributed by atoms with E-state index < -0.39 is 21.6 Å². The Balaban J connectivity index is 1.37. The van der Waals surface area contributed by atoms with Crippen LogP contribution in [0.2, 0.25) is 5.02 Å². The molecule has 0 spiro atoms. The predicted octanol–water partition coefficient (Wildman–Crippen LogP) is 2.03. The number of carbonyl (C=O) groups is 1. The summed E-state index contributed by atoms with van der Waals surface area (Å²) in [5.74, 6) is -0.327. The summed E-state index contributed by atoms with van der Waals surface area (Å²) < 4.78 is 42.2. The third-order valence-corrected chi connectivity index (χ3v) is 6.44. The quantitative estimate of drug-likeness (QED) is 0.509. The van der Waals surface area contributed by atoms with Crippen LogP contribution in [0.4, 0.5) is 0 Å². The van der Waals surface area contributed by atoms with E-state index in [1.54, 1.807) is 12.1 Å². The highest BCUT2D eigenvalue weighted by Crippen LogP contribution is 2.32. The predicted molar refractivity (Wildman–Crippen MR) is 110 cm³/mol. The fourth-order valence-electron chi connectivity index (χ4n) is 2.98. The lowest BCUT2D eigenvalue weighted by molar-refractivity contribution is -0.144. The second-order valence-electron chi connectivity index (χ2n) is 6.70. The Morgan fingerprint density at radius 2 is 1.90 bits per heavy atom. The number of fused-ring (bicyclic) bond motifs is 2. The number of ether oxygens (including phenoxy) is 3. The summed E-state index contributed by atoms with van der Waals surface area (Å²) in [5, 5.41) is 0.384. The molecule has 0 bridgehead atoms. The van der Waals surface area contributed by atoms with Crippen LogP contribution in [0.1, 0.15) is 12.1 Å². The van der Waals surface area contributed by atoms with Gasteiger partial charge in [0.1, 0.15) is 25.5 Å². The van der Waals surface area contributed by atoms with Gasteiger partial charge in [0.25, 0.3) is 5.56 Å². The van der Waals surface area contributed by atoms with E-state index in [4.69, 9.17) is 25.8 Å². The average molecular weight is 465 g/mol. The largest absolute Gasteiger partial charge is 0.486 e. The van der Waals surface area contributed by atoms with Crippen molar-refractivity contribution >= 4 is 33.1 Å². The molecule has 0 aliphatic carbocycles. The zero-order valence-electron chi connectivity index (χ0n) is 16.1. The maximum absolute atomic E-state index is 12.5. The molecule has 0 N–H and O–H groups in total. The number of aromatic nitrogens is 2. The number of pyridine rings is 1. The number of nitrogens with zero attached hydrogens (tertiary/aromatic N) is 2. The number of hydrogen-bond donors (Lipinski definition) is 0. The molecule has 3 aromatic rings. The maximum atomic E-state index is 12.5. The molecule has 0 amide bonds. The number of rotatable bonds is 6. The summed E-state index contributed by atoms with van der Waals surface area (Å²) in [5.41, 5.74) is 0.222. The summed E-state index contributed by atoms with van der Waals surface area (Å²) >= 11 is 5.86. The molecule has 2 aromatic heterocycles. The van der Waals surface area contributed by atoms with Crippen molar-refractivity contribution in [3.8, 4) is 11.5 Å².